The molecule has 10 atom stereocenters. The van der Waals surface area contributed by atoms with Crippen molar-refractivity contribution in [3.63, 3.8) is 0 Å². The Balaban J connectivity index is 1.44. The van der Waals surface area contributed by atoms with Gasteiger partial charge in [-0.05, 0) is 131 Å². The lowest BCUT2D eigenvalue weighted by Crippen LogP contribution is -2.53. The zero-order valence-corrected chi connectivity index (χ0v) is 22.6. The summed E-state index contributed by atoms with van der Waals surface area (Å²) in [7, 11) is 3.38. The van der Waals surface area contributed by atoms with Crippen LogP contribution in [0.1, 0.15) is 112 Å². The number of rotatable bonds is 7. The molecule has 2 heteroatoms. The molecule has 0 bridgehead atoms. The number of hydrogen-bond donors (Lipinski definition) is 0. The molecule has 4 rings (SSSR count). The van der Waals surface area contributed by atoms with Crippen molar-refractivity contribution in [2.75, 3.05) is 6.54 Å². The maximum absolute atomic E-state index is 4.31. The number of hydrogen-bond acceptors (Lipinski definition) is 1. The van der Waals surface area contributed by atoms with Gasteiger partial charge >= 0.3 is 0 Å². The smallest absolute Gasteiger partial charge is 0.0460 e. The van der Waals surface area contributed by atoms with Gasteiger partial charge in [0, 0.05) is 6.54 Å². The lowest BCUT2D eigenvalue weighted by Gasteiger charge is -2.61. The summed E-state index contributed by atoms with van der Waals surface area (Å²) in [6, 6.07) is 0. The Morgan fingerprint density at radius 1 is 0.871 bits per heavy atom. The van der Waals surface area contributed by atoms with Crippen molar-refractivity contribution in [2.24, 2.45) is 68.8 Å². The molecule has 31 heavy (non-hydrogen) atoms. The molecule has 4 fully saturated rings. The zero-order valence-electron chi connectivity index (χ0n) is 21.6. The topological polar surface area (TPSA) is 12.4 Å². The summed E-state index contributed by atoms with van der Waals surface area (Å²) >= 11 is 0. The average Bonchev–Trinajstić information content (AvgIpc) is 3.08. The second-order valence-corrected chi connectivity index (χ2v) is 14.0. The molecular weight excluding hydrogens is 393 g/mol. The molecule has 0 aliphatic heterocycles. The van der Waals surface area contributed by atoms with E-state index in [1.165, 1.54) is 51.4 Å². The molecule has 4 aliphatic carbocycles. The number of nitrogens with zero attached hydrogens (tertiary/aromatic N) is 1. The first-order valence-electron chi connectivity index (χ1n) is 14.0. The Hall–Kier alpha value is 0.100. The Labute approximate surface area is 196 Å². The van der Waals surface area contributed by atoms with Crippen LogP contribution >= 0.6 is 9.03 Å². The largest absolute Gasteiger partial charge is 0.272 e. The van der Waals surface area contributed by atoms with E-state index in [4.69, 9.17) is 0 Å². The minimum absolute atomic E-state index is 0.624. The Bertz CT molecular complexity index is 630. The van der Waals surface area contributed by atoms with Crippen LogP contribution in [0.15, 0.2) is 4.74 Å². The first kappa shape index (κ1) is 24.2. The lowest BCUT2D eigenvalue weighted by molar-refractivity contribution is -0.120. The lowest BCUT2D eigenvalue weighted by atomic mass is 9.44. The van der Waals surface area contributed by atoms with Gasteiger partial charge in [0.15, 0.2) is 0 Å². The molecule has 0 aromatic rings. The van der Waals surface area contributed by atoms with Gasteiger partial charge in [0.1, 0.15) is 0 Å². The van der Waals surface area contributed by atoms with Crippen molar-refractivity contribution in [3.05, 3.63) is 0 Å². The van der Waals surface area contributed by atoms with E-state index in [2.05, 4.69) is 55.3 Å². The molecule has 0 heterocycles. The Morgan fingerprint density at radius 3 is 2.29 bits per heavy atom. The van der Waals surface area contributed by atoms with Crippen molar-refractivity contribution in [1.29, 1.82) is 0 Å². The summed E-state index contributed by atoms with van der Waals surface area (Å²) in [5.41, 5.74) is 1.29. The predicted molar refractivity (Wildman–Crippen MR) is 137 cm³/mol. The molecule has 0 aromatic carbocycles. The van der Waals surface area contributed by atoms with E-state index in [1.54, 1.807) is 19.3 Å². The quantitative estimate of drug-likeness (QED) is 0.346. The molecule has 0 saturated heterocycles. The van der Waals surface area contributed by atoms with E-state index < -0.39 is 0 Å². The molecule has 0 radical (unpaired) electrons. The summed E-state index contributed by atoms with van der Waals surface area (Å²) in [5.74, 6) is 8.44. The summed E-state index contributed by atoms with van der Waals surface area (Å²) < 4.78 is 4.31. The normalized spacial score (nSPS) is 46.7. The molecule has 0 aromatic heterocycles. The molecule has 0 N–H and O–H groups in total. The van der Waals surface area contributed by atoms with E-state index in [9.17, 15) is 0 Å². The van der Waals surface area contributed by atoms with E-state index in [0.29, 0.717) is 10.8 Å². The van der Waals surface area contributed by atoms with Crippen LogP contribution < -0.4 is 0 Å². The van der Waals surface area contributed by atoms with Gasteiger partial charge in [-0.1, -0.05) is 54.4 Å². The first-order valence-corrected chi connectivity index (χ1v) is 14.5. The maximum Gasteiger partial charge on any atom is 0.0460 e. The minimum atomic E-state index is 0.624. The SMILES string of the molecule is CC(C)C(CC[C@H](C)C1CCC2C3CCC4C[C@@H](C)CCC4(C)C3CCC21C)CN=P. The molecule has 178 valence electrons. The van der Waals surface area contributed by atoms with Gasteiger partial charge in [-0.15, -0.1) is 0 Å². The van der Waals surface area contributed by atoms with Crippen LogP contribution in [0.4, 0.5) is 0 Å². The van der Waals surface area contributed by atoms with Crippen LogP contribution in [0.5, 0.6) is 0 Å². The van der Waals surface area contributed by atoms with Gasteiger partial charge in [0.2, 0.25) is 0 Å². The molecule has 4 aliphatic rings. The molecule has 4 saturated carbocycles. The van der Waals surface area contributed by atoms with Crippen molar-refractivity contribution >= 4 is 9.03 Å². The van der Waals surface area contributed by atoms with Gasteiger partial charge in [-0.2, -0.15) is 0 Å². The zero-order chi connectivity index (χ0) is 22.4. The summed E-state index contributed by atoms with van der Waals surface area (Å²) in [5, 5.41) is 0. The van der Waals surface area contributed by atoms with Gasteiger partial charge in [0.05, 0.1) is 0 Å². The first-order chi connectivity index (χ1) is 14.7. The second-order valence-electron chi connectivity index (χ2n) is 13.7. The molecule has 0 amide bonds. The highest BCUT2D eigenvalue weighted by Gasteiger charge is 2.60. The third-order valence-electron chi connectivity index (χ3n) is 11.9. The molecule has 0 spiro atoms. The van der Waals surface area contributed by atoms with Crippen LogP contribution in [0.3, 0.4) is 0 Å². The van der Waals surface area contributed by atoms with Gasteiger partial charge in [-0.25, -0.2) is 0 Å². The van der Waals surface area contributed by atoms with Crippen molar-refractivity contribution in [2.45, 2.75) is 112 Å². The van der Waals surface area contributed by atoms with E-state index in [1.807, 2.05) is 0 Å². The van der Waals surface area contributed by atoms with E-state index >= 15 is 0 Å². The fourth-order valence-corrected chi connectivity index (χ4v) is 10.1. The highest BCUT2D eigenvalue weighted by atomic mass is 31.0. The predicted octanol–water partition coefficient (Wildman–Crippen LogP) is 9.30. The third kappa shape index (κ3) is 4.33. The van der Waals surface area contributed by atoms with E-state index in [0.717, 1.165) is 59.8 Å². The summed E-state index contributed by atoms with van der Waals surface area (Å²) in [6.07, 6.45) is 16.5. The second kappa shape index (κ2) is 9.39. The van der Waals surface area contributed by atoms with E-state index in [-0.39, 0.29) is 0 Å². The fraction of sp³-hybridized carbons (Fsp3) is 1.00. The Morgan fingerprint density at radius 2 is 1.58 bits per heavy atom. The summed E-state index contributed by atoms with van der Waals surface area (Å²) in [4.78, 5) is 0. The van der Waals surface area contributed by atoms with Gasteiger partial charge < -0.3 is 0 Å². The minimum Gasteiger partial charge on any atom is -0.272 e. The van der Waals surface area contributed by atoms with Gasteiger partial charge in [0.25, 0.3) is 0 Å². The maximum atomic E-state index is 4.31. The third-order valence-corrected chi connectivity index (χ3v) is 12.1. The number of fused-ring (bicyclic) bond motifs is 5. The average molecular weight is 446 g/mol. The summed E-state index contributed by atoms with van der Waals surface area (Å²) in [6.45, 7) is 16.3. The van der Waals surface area contributed by atoms with Gasteiger partial charge in [-0.3, -0.25) is 4.74 Å². The monoisotopic (exact) mass is 445 g/mol. The van der Waals surface area contributed by atoms with Crippen LogP contribution in [-0.2, 0) is 0 Å². The molecular formula is C29H52NP. The molecule has 1 nitrogen and oxygen atoms in total. The Kier molecular flexibility index (Phi) is 7.34. The van der Waals surface area contributed by atoms with Crippen molar-refractivity contribution in [3.8, 4) is 0 Å². The van der Waals surface area contributed by atoms with Crippen LogP contribution in [-0.4, -0.2) is 6.54 Å². The standard InChI is InChI=1S/C29H52NP/c1-19(2)22(18-30-31)8-7-21(4)25-11-12-26-24-10-9-23-17-20(3)13-15-28(23,5)27(24)14-16-29(25,26)6/h19-27,31H,7-18H2,1-6H3/t20-,21-,22?,23?,24?,25?,26?,27?,28?,29?/m0/s1. The van der Waals surface area contributed by atoms with Crippen LogP contribution in [0, 0.1) is 64.1 Å². The van der Waals surface area contributed by atoms with Crippen LogP contribution in [0.2, 0.25) is 0 Å². The highest BCUT2D eigenvalue weighted by Crippen LogP contribution is 2.68. The fourth-order valence-electron chi connectivity index (χ4n) is 9.88. The van der Waals surface area contributed by atoms with Crippen LogP contribution in [0.25, 0.3) is 0 Å². The molecule has 8 unspecified atom stereocenters. The highest BCUT2D eigenvalue weighted by molar-refractivity contribution is 7.03. The van der Waals surface area contributed by atoms with Crippen molar-refractivity contribution < 1.29 is 0 Å². The van der Waals surface area contributed by atoms with Crippen molar-refractivity contribution in [1.82, 2.24) is 0 Å².